The third kappa shape index (κ3) is 14.2. The smallest absolute Gasteiger partial charge is 0.432 e. The predicted molar refractivity (Wildman–Crippen MR) is 296 cm³/mol. The molecular weight excluding hydrogens is 1270 g/mol. The molecule has 0 amide bonds. The number of carbonyl (C=O) groups excluding carboxylic acids is 7. The molecule has 0 aromatic carbocycles. The Labute approximate surface area is 523 Å². The molecule has 0 aromatic heterocycles. The molecule has 8 aliphatic carbocycles. The van der Waals surface area contributed by atoms with Gasteiger partial charge in [0.25, 0.3) is 12.2 Å². The second-order valence-electron chi connectivity index (χ2n) is 28.8. The topological polar surface area (TPSA) is 280 Å². The zero-order chi connectivity index (χ0) is 68.7. The lowest BCUT2D eigenvalue weighted by atomic mass is 9.42. The summed E-state index contributed by atoms with van der Waals surface area (Å²) in [6, 6.07) is 0. The van der Waals surface area contributed by atoms with Crippen LogP contribution in [-0.4, -0.2) is 121 Å². The molecular formula is C61H84F10O18S2-2. The number of fused-ring (bicyclic) bond motifs is 10. The van der Waals surface area contributed by atoms with Crippen molar-refractivity contribution >= 4 is 61.6 Å². The lowest BCUT2D eigenvalue weighted by Crippen LogP contribution is -2.63. The third-order valence-corrected chi connectivity index (χ3v) is 25.5. The molecule has 30 heteroatoms. The van der Waals surface area contributed by atoms with Gasteiger partial charge in [-0.25, -0.2) is 16.8 Å². The quantitative estimate of drug-likeness (QED) is 0.0566. The normalized spacial score (nSPS) is 38.0. The lowest BCUT2D eigenvalue weighted by Gasteiger charge is -2.64. The van der Waals surface area contributed by atoms with E-state index < -0.39 is 127 Å². The number of rotatable bonds is 17. The van der Waals surface area contributed by atoms with Crippen LogP contribution in [0.5, 0.6) is 0 Å². The second-order valence-corrected chi connectivity index (χ2v) is 31.7. The number of alkyl halides is 10. The maximum absolute atomic E-state index is 13.9. The first-order valence-corrected chi connectivity index (χ1v) is 34.1. The van der Waals surface area contributed by atoms with Crippen molar-refractivity contribution in [2.45, 2.75) is 238 Å². The molecule has 0 spiro atoms. The van der Waals surface area contributed by atoms with Crippen molar-refractivity contribution in [3.05, 3.63) is 0 Å². The van der Waals surface area contributed by atoms with Gasteiger partial charge in [0.1, 0.15) is 29.9 Å². The summed E-state index contributed by atoms with van der Waals surface area (Å²) < 4.78 is 226. The van der Waals surface area contributed by atoms with Gasteiger partial charge in [0, 0.05) is 75.5 Å². The summed E-state index contributed by atoms with van der Waals surface area (Å²) in [5, 5.41) is -11.8. The van der Waals surface area contributed by atoms with Gasteiger partial charge in [-0.1, -0.05) is 54.9 Å². The van der Waals surface area contributed by atoms with Crippen LogP contribution in [0.1, 0.15) is 185 Å². The molecule has 22 atom stereocenters. The van der Waals surface area contributed by atoms with E-state index in [2.05, 4.69) is 30.2 Å². The highest BCUT2D eigenvalue weighted by Gasteiger charge is 2.70. The Bertz CT molecular complexity index is 3020. The zero-order valence-electron chi connectivity index (χ0n) is 52.6. The van der Waals surface area contributed by atoms with Gasteiger partial charge in [-0.2, -0.15) is 43.9 Å². The van der Waals surface area contributed by atoms with Crippen molar-refractivity contribution in [1.82, 2.24) is 0 Å². The van der Waals surface area contributed by atoms with Gasteiger partial charge in [0.15, 0.2) is 20.2 Å². The van der Waals surface area contributed by atoms with Crippen LogP contribution in [0.3, 0.4) is 0 Å². The van der Waals surface area contributed by atoms with Crippen molar-refractivity contribution in [3.8, 4) is 0 Å². The van der Waals surface area contributed by atoms with Crippen molar-refractivity contribution in [2.75, 3.05) is 0 Å². The highest BCUT2D eigenvalue weighted by atomic mass is 32.2. The molecule has 8 rings (SSSR count). The molecule has 91 heavy (non-hydrogen) atoms. The summed E-state index contributed by atoms with van der Waals surface area (Å²) in [6.45, 7) is 18.0. The monoisotopic (exact) mass is 1360 g/mol. The number of esters is 5. The average Bonchev–Trinajstić information content (AvgIpc) is 1.69. The summed E-state index contributed by atoms with van der Waals surface area (Å²) in [6.07, 6.45) is -15.4. The van der Waals surface area contributed by atoms with Crippen LogP contribution >= 0.6 is 0 Å². The van der Waals surface area contributed by atoms with E-state index in [4.69, 9.17) is 14.2 Å². The van der Waals surface area contributed by atoms with E-state index in [1.54, 1.807) is 13.8 Å². The van der Waals surface area contributed by atoms with Crippen LogP contribution in [0.25, 0.3) is 0 Å². The van der Waals surface area contributed by atoms with E-state index in [1.807, 2.05) is 13.8 Å². The first-order chi connectivity index (χ1) is 41.5. The minimum atomic E-state index is -6.81. The molecule has 0 aromatic rings. The van der Waals surface area contributed by atoms with E-state index in [1.165, 1.54) is 20.8 Å². The minimum absolute atomic E-state index is 0.0312. The van der Waals surface area contributed by atoms with Gasteiger partial charge in [0.05, 0.1) is 0 Å². The number of ether oxygens (including phenoxy) is 5. The van der Waals surface area contributed by atoms with Crippen molar-refractivity contribution in [2.24, 2.45) is 98.6 Å². The molecule has 0 radical (unpaired) electrons. The number of hydrogen-bond donors (Lipinski definition) is 0. The first-order valence-electron chi connectivity index (χ1n) is 31.2. The second kappa shape index (κ2) is 26.1. The lowest BCUT2D eigenvalue weighted by molar-refractivity contribution is -0.259. The third-order valence-electron chi connectivity index (χ3n) is 23.8. The Morgan fingerprint density at radius 1 is 0.560 bits per heavy atom. The molecule has 22 unspecified atom stereocenters. The Kier molecular flexibility index (Phi) is 21.3. The van der Waals surface area contributed by atoms with E-state index in [0.29, 0.717) is 69.6 Å². The Hall–Kier alpha value is -4.19. The SMILES string of the molecule is CC(=O)OC1CC2C(C(=O)CC3CC(=O)CCC32C)C2CCC(C(C)CCC(=O)OC(C(F)(F)F)C(F)(F)S(=O)(=O)[O-])C12C.CC(=O)OC1CC2CC(C)CCC2(C)C2CC(OC(C)=O)C3(C)C(C(C)CCC(=O)OC(C(F)(F)F)C(F)(F)S(=O)(=O)[O-])CCC3C12. The van der Waals surface area contributed by atoms with E-state index in [9.17, 15) is 103 Å². The fourth-order valence-corrected chi connectivity index (χ4v) is 20.3. The van der Waals surface area contributed by atoms with Gasteiger partial charge in [-0.15, -0.1) is 0 Å². The van der Waals surface area contributed by atoms with Gasteiger partial charge in [0.2, 0.25) is 0 Å². The molecule has 520 valence electrons. The summed E-state index contributed by atoms with van der Waals surface area (Å²) in [7, 11) is -13.6. The predicted octanol–water partition coefficient (Wildman–Crippen LogP) is 11.4. The Morgan fingerprint density at radius 2 is 0.989 bits per heavy atom. The molecule has 8 aliphatic rings. The van der Waals surface area contributed by atoms with E-state index in [0.717, 1.165) is 25.7 Å². The molecule has 0 saturated heterocycles. The number of halogens is 10. The molecule has 8 fully saturated rings. The van der Waals surface area contributed by atoms with Gasteiger partial charge in [-0.05, 0) is 153 Å². The molecule has 18 nitrogen and oxygen atoms in total. The van der Waals surface area contributed by atoms with Crippen LogP contribution < -0.4 is 0 Å². The van der Waals surface area contributed by atoms with Crippen molar-refractivity contribution in [3.63, 3.8) is 0 Å². The van der Waals surface area contributed by atoms with E-state index in [-0.39, 0.29) is 107 Å². The maximum atomic E-state index is 13.9. The number of hydrogen-bond acceptors (Lipinski definition) is 18. The molecule has 8 saturated carbocycles. The van der Waals surface area contributed by atoms with Crippen LogP contribution in [-0.2, 0) is 77.5 Å². The largest absolute Gasteiger partial charge is 0.743 e. The highest BCUT2D eigenvalue weighted by molar-refractivity contribution is 7.87. The summed E-state index contributed by atoms with van der Waals surface area (Å²) in [5.41, 5.74) is -1.78. The van der Waals surface area contributed by atoms with Crippen LogP contribution in [0.2, 0.25) is 0 Å². The number of Topliss-reactive ketones (excluding diaryl/α,β-unsaturated/α-hetero) is 2. The Balaban J connectivity index is 0.000000259. The van der Waals surface area contributed by atoms with E-state index >= 15 is 0 Å². The fourth-order valence-electron chi connectivity index (χ4n) is 19.4. The van der Waals surface area contributed by atoms with Crippen molar-refractivity contribution < 1.29 is 127 Å². The Morgan fingerprint density at radius 3 is 1.43 bits per heavy atom. The summed E-state index contributed by atoms with van der Waals surface area (Å²) >= 11 is 0. The first kappa shape index (κ1) is 74.2. The molecule has 0 aliphatic heterocycles. The summed E-state index contributed by atoms with van der Waals surface area (Å²) in [4.78, 5) is 87.8. The molecule has 0 heterocycles. The average molecular weight is 1360 g/mol. The van der Waals surface area contributed by atoms with Crippen LogP contribution in [0.4, 0.5) is 43.9 Å². The maximum Gasteiger partial charge on any atom is 0.432 e. The van der Waals surface area contributed by atoms with Gasteiger partial charge < -0.3 is 32.8 Å². The highest BCUT2D eigenvalue weighted by Crippen LogP contribution is 2.71. The van der Waals surface area contributed by atoms with Crippen molar-refractivity contribution in [1.29, 1.82) is 0 Å². The van der Waals surface area contributed by atoms with Crippen LogP contribution in [0, 0.1) is 98.6 Å². The van der Waals surface area contributed by atoms with Crippen LogP contribution in [0.15, 0.2) is 0 Å². The standard InChI is InChI=1S/C32H47F5O9S.C29H39F5O9S/c1-16-11-12-29(5)20(13-16)14-24(44-18(3)38)27-22-9-8-21(30(22,6)25(15-23(27)29)45-19(4)39)17(2)7-10-26(40)46-28(31(33,34)35)32(36,37)47(41,42)43;1-14(5-8-23(38)43-25(28(30,31)32)29(33,34)44(39,40)41)18-6-7-19-24-20(13-22(27(18,19)4)42-15(2)35)26(3)10-9-17(36)11-16(26)12-21(24)37/h16-17,20-25,27-28H,7-15H2,1-6H3,(H,41,42,43);14,16,18-20,22,24-25H,5-13H2,1-4H3,(H,39,40,41)/p-2. The number of carbonyl (C=O) groups is 7. The summed E-state index contributed by atoms with van der Waals surface area (Å²) in [5.74, 6) is -5.86. The minimum Gasteiger partial charge on any atom is -0.743 e. The fraction of sp³-hybridized carbons (Fsp3) is 0.885. The molecule has 0 N–H and O–H groups in total. The van der Waals surface area contributed by atoms with Gasteiger partial charge >= 0.3 is 52.7 Å². The van der Waals surface area contributed by atoms with Gasteiger partial charge in [-0.3, -0.25) is 33.6 Å². The zero-order valence-corrected chi connectivity index (χ0v) is 54.2. The number of ketones is 2. The molecule has 0 bridgehead atoms.